The first kappa shape index (κ1) is 12.7. The molecule has 1 heterocycles. The van der Waals surface area contributed by atoms with E-state index in [1.54, 1.807) is 6.07 Å². The topological polar surface area (TPSA) is 12.0 Å². The summed E-state index contributed by atoms with van der Waals surface area (Å²) in [4.78, 5) is 1.32. The molecule has 0 amide bonds. The van der Waals surface area contributed by atoms with Gasteiger partial charge in [-0.2, -0.15) is 0 Å². The molecule has 0 saturated heterocycles. The molecule has 0 bridgehead atoms. The molecule has 2 aromatic rings. The lowest BCUT2D eigenvalue weighted by atomic mass is 9.98. The van der Waals surface area contributed by atoms with Crippen molar-refractivity contribution in [2.24, 2.45) is 0 Å². The Morgan fingerprint density at radius 1 is 1.16 bits per heavy atom. The van der Waals surface area contributed by atoms with Crippen LogP contribution >= 0.6 is 11.8 Å². The van der Waals surface area contributed by atoms with Crippen LogP contribution in [0.2, 0.25) is 0 Å². The van der Waals surface area contributed by atoms with Crippen LogP contribution in [0.3, 0.4) is 0 Å². The largest absolute Gasteiger partial charge is 0.312 e. The third kappa shape index (κ3) is 2.40. The maximum Gasteiger partial charge on any atom is 0.128 e. The summed E-state index contributed by atoms with van der Waals surface area (Å²) < 4.78 is 14.0. The first-order valence-electron chi connectivity index (χ1n) is 6.46. The Morgan fingerprint density at radius 3 is 2.63 bits per heavy atom. The molecule has 0 aromatic heterocycles. The van der Waals surface area contributed by atoms with Gasteiger partial charge in [-0.15, -0.1) is 11.8 Å². The monoisotopic (exact) mass is 273 g/mol. The minimum absolute atomic E-state index is 0.0404. The highest BCUT2D eigenvalue weighted by atomic mass is 32.2. The van der Waals surface area contributed by atoms with Crippen molar-refractivity contribution in [3.8, 4) is 0 Å². The van der Waals surface area contributed by atoms with Crippen LogP contribution in [-0.4, -0.2) is 12.3 Å². The Hall–Kier alpha value is -1.32. The van der Waals surface area contributed by atoms with E-state index in [1.807, 2.05) is 30.9 Å². The fraction of sp³-hybridized carbons (Fsp3) is 0.250. The summed E-state index contributed by atoms with van der Waals surface area (Å²) >= 11 is 1.84. The maximum atomic E-state index is 14.0. The number of benzene rings is 2. The van der Waals surface area contributed by atoms with E-state index in [2.05, 4.69) is 29.6 Å². The highest BCUT2D eigenvalue weighted by molar-refractivity contribution is 8.00. The number of rotatable bonds is 3. The van der Waals surface area contributed by atoms with Crippen molar-refractivity contribution in [2.45, 2.75) is 22.6 Å². The molecule has 0 spiro atoms. The van der Waals surface area contributed by atoms with Crippen LogP contribution in [0.25, 0.3) is 0 Å². The number of hydrogen-bond donors (Lipinski definition) is 1. The van der Waals surface area contributed by atoms with Crippen LogP contribution in [0.5, 0.6) is 0 Å². The second-order valence-electron chi connectivity index (χ2n) is 4.76. The lowest BCUT2D eigenvalue weighted by molar-refractivity contribution is 0.521. The minimum Gasteiger partial charge on any atom is -0.312 e. The molecule has 0 aliphatic carbocycles. The van der Waals surface area contributed by atoms with E-state index in [-0.39, 0.29) is 11.9 Å². The Balaban J connectivity index is 1.88. The van der Waals surface area contributed by atoms with Crippen molar-refractivity contribution in [3.05, 3.63) is 65.5 Å². The van der Waals surface area contributed by atoms with Crippen LogP contribution in [0.1, 0.15) is 17.2 Å². The molecule has 2 unspecified atom stereocenters. The van der Waals surface area contributed by atoms with E-state index < -0.39 is 0 Å². The van der Waals surface area contributed by atoms with E-state index >= 15 is 0 Å². The van der Waals surface area contributed by atoms with Gasteiger partial charge in [-0.25, -0.2) is 4.39 Å². The van der Waals surface area contributed by atoms with Crippen LogP contribution in [0.4, 0.5) is 4.39 Å². The zero-order valence-electron chi connectivity index (χ0n) is 10.8. The number of halogens is 1. The number of hydrogen-bond acceptors (Lipinski definition) is 2. The van der Waals surface area contributed by atoms with Gasteiger partial charge in [-0.1, -0.05) is 36.4 Å². The lowest BCUT2D eigenvalue weighted by Gasteiger charge is -2.23. The van der Waals surface area contributed by atoms with Gasteiger partial charge >= 0.3 is 0 Å². The van der Waals surface area contributed by atoms with Gasteiger partial charge in [0, 0.05) is 21.8 Å². The summed E-state index contributed by atoms with van der Waals surface area (Å²) in [5.41, 5.74) is 2.13. The molecular weight excluding hydrogens is 257 g/mol. The van der Waals surface area contributed by atoms with Crippen molar-refractivity contribution in [2.75, 3.05) is 7.05 Å². The zero-order valence-corrected chi connectivity index (χ0v) is 11.6. The molecule has 1 aliphatic rings. The second kappa shape index (κ2) is 5.35. The summed E-state index contributed by atoms with van der Waals surface area (Å²) in [5, 5.41) is 3.62. The van der Waals surface area contributed by atoms with Gasteiger partial charge in [0.2, 0.25) is 0 Å². The molecule has 2 aromatic carbocycles. The van der Waals surface area contributed by atoms with Gasteiger partial charge in [0.05, 0.1) is 0 Å². The van der Waals surface area contributed by atoms with Crippen molar-refractivity contribution < 1.29 is 4.39 Å². The van der Waals surface area contributed by atoms with Gasteiger partial charge in [0.1, 0.15) is 5.82 Å². The smallest absolute Gasteiger partial charge is 0.128 e. The molecule has 1 aliphatic heterocycles. The molecule has 1 N–H and O–H groups in total. The predicted molar refractivity (Wildman–Crippen MR) is 78.0 cm³/mol. The summed E-state index contributed by atoms with van der Waals surface area (Å²) in [6.45, 7) is 0. The van der Waals surface area contributed by atoms with E-state index in [0.29, 0.717) is 5.25 Å². The summed E-state index contributed by atoms with van der Waals surface area (Å²) in [6, 6.07) is 15.5. The molecule has 2 atom stereocenters. The molecule has 3 heteroatoms. The third-order valence-corrected chi connectivity index (χ3v) is 4.99. The predicted octanol–water partition coefficient (Wildman–Crippen LogP) is 3.80. The van der Waals surface area contributed by atoms with E-state index in [9.17, 15) is 4.39 Å². The molecule has 98 valence electrons. The van der Waals surface area contributed by atoms with Gasteiger partial charge in [-0.05, 0) is 31.2 Å². The molecule has 3 rings (SSSR count). The first-order valence-corrected chi connectivity index (χ1v) is 7.34. The molecule has 0 radical (unpaired) electrons. The molecule has 0 fully saturated rings. The van der Waals surface area contributed by atoms with E-state index in [1.165, 1.54) is 16.5 Å². The van der Waals surface area contributed by atoms with E-state index in [0.717, 1.165) is 12.0 Å². The molecular formula is C16H16FNS. The maximum absolute atomic E-state index is 14.0. The fourth-order valence-electron chi connectivity index (χ4n) is 2.66. The molecule has 19 heavy (non-hydrogen) atoms. The minimum atomic E-state index is -0.126. The van der Waals surface area contributed by atoms with Crippen LogP contribution in [-0.2, 0) is 6.42 Å². The van der Waals surface area contributed by atoms with Gasteiger partial charge in [0.15, 0.2) is 0 Å². The summed E-state index contributed by atoms with van der Waals surface area (Å²) in [7, 11) is 1.90. The van der Waals surface area contributed by atoms with Crippen molar-refractivity contribution in [1.29, 1.82) is 0 Å². The van der Waals surface area contributed by atoms with E-state index in [4.69, 9.17) is 0 Å². The zero-order chi connectivity index (χ0) is 13.2. The average Bonchev–Trinajstić information content (AvgIpc) is 2.85. The first-order chi connectivity index (χ1) is 9.29. The third-order valence-electron chi connectivity index (χ3n) is 3.60. The standard InChI is InChI=1S/C16H16FNS/c1-18-16(12-7-3-4-8-13(12)17)15-10-11-6-2-5-9-14(11)19-15/h2-9,15-16,18H,10H2,1H3. The van der Waals surface area contributed by atoms with Crippen LogP contribution < -0.4 is 5.32 Å². The number of nitrogens with one attached hydrogen (secondary N) is 1. The van der Waals surface area contributed by atoms with Gasteiger partial charge < -0.3 is 5.32 Å². The fourth-order valence-corrected chi connectivity index (χ4v) is 4.13. The molecule has 0 saturated carbocycles. The quantitative estimate of drug-likeness (QED) is 0.913. The Bertz CT molecular complexity index is 559. The van der Waals surface area contributed by atoms with Crippen LogP contribution in [0.15, 0.2) is 53.4 Å². The van der Waals surface area contributed by atoms with Gasteiger partial charge in [-0.3, -0.25) is 0 Å². The molecule has 1 nitrogen and oxygen atoms in total. The lowest BCUT2D eigenvalue weighted by Crippen LogP contribution is -2.27. The Kier molecular flexibility index (Phi) is 3.58. The average molecular weight is 273 g/mol. The normalized spacial score (nSPS) is 19.2. The van der Waals surface area contributed by atoms with Crippen LogP contribution in [0, 0.1) is 5.82 Å². The summed E-state index contributed by atoms with van der Waals surface area (Å²) in [5.74, 6) is -0.126. The van der Waals surface area contributed by atoms with Crippen molar-refractivity contribution >= 4 is 11.8 Å². The number of fused-ring (bicyclic) bond motifs is 1. The number of thioether (sulfide) groups is 1. The Labute approximate surface area is 117 Å². The SMILES string of the molecule is CNC(c1ccccc1F)C1Cc2ccccc2S1. The highest BCUT2D eigenvalue weighted by Gasteiger charge is 2.30. The van der Waals surface area contributed by atoms with Gasteiger partial charge in [0.25, 0.3) is 0 Å². The van der Waals surface area contributed by atoms with Crippen molar-refractivity contribution in [1.82, 2.24) is 5.32 Å². The second-order valence-corrected chi connectivity index (χ2v) is 6.04. The van der Waals surface area contributed by atoms with Crippen molar-refractivity contribution in [3.63, 3.8) is 0 Å². The highest BCUT2D eigenvalue weighted by Crippen LogP contribution is 2.42. The summed E-state index contributed by atoms with van der Waals surface area (Å²) in [6.07, 6.45) is 0.987. The Morgan fingerprint density at radius 2 is 1.89 bits per heavy atom.